The van der Waals surface area contributed by atoms with Crippen LogP contribution in [0.2, 0.25) is 0 Å². The van der Waals surface area contributed by atoms with E-state index in [1.165, 1.54) is 25.7 Å². The van der Waals surface area contributed by atoms with Gasteiger partial charge in [-0.15, -0.1) is 0 Å². The number of benzene rings is 1. The number of unbranched alkanes of at least 4 members (excludes halogenated alkanes) is 1. The highest BCUT2D eigenvalue weighted by atomic mass is 16.7. The summed E-state index contributed by atoms with van der Waals surface area (Å²) < 4.78 is 10.2. The van der Waals surface area contributed by atoms with Crippen LogP contribution in [-0.4, -0.2) is 12.8 Å². The summed E-state index contributed by atoms with van der Waals surface area (Å²) >= 11 is 0. The molecule has 0 aliphatic heterocycles. The Morgan fingerprint density at radius 2 is 2.05 bits per heavy atom. The first-order chi connectivity index (χ1) is 10.8. The summed E-state index contributed by atoms with van der Waals surface area (Å²) in [7, 11) is 0. The van der Waals surface area contributed by atoms with Crippen molar-refractivity contribution < 1.29 is 14.3 Å². The van der Waals surface area contributed by atoms with E-state index in [1.807, 2.05) is 18.2 Å². The molecular formula is C19H26O3. The normalized spacial score (nSPS) is 17.7. The van der Waals surface area contributed by atoms with Crippen LogP contribution in [0.5, 0.6) is 5.75 Å². The van der Waals surface area contributed by atoms with Gasteiger partial charge in [0.25, 0.3) is 0 Å². The van der Waals surface area contributed by atoms with E-state index in [0.29, 0.717) is 12.4 Å². The quantitative estimate of drug-likeness (QED) is 0.288. The highest BCUT2D eigenvalue weighted by molar-refractivity contribution is 5.63. The summed E-state index contributed by atoms with van der Waals surface area (Å²) in [4.78, 5) is 11.5. The zero-order valence-corrected chi connectivity index (χ0v) is 13.4. The van der Waals surface area contributed by atoms with Crippen molar-refractivity contribution in [2.45, 2.75) is 51.9 Å². The molecule has 0 amide bonds. The van der Waals surface area contributed by atoms with E-state index in [9.17, 15) is 4.79 Å². The lowest BCUT2D eigenvalue weighted by molar-refractivity contribution is 0.0975. The molecule has 0 fully saturated rings. The number of carbonyl (C=O) groups excluding carboxylic acids is 1. The smallest absolute Gasteiger partial charge is 0.434 e. The van der Waals surface area contributed by atoms with Gasteiger partial charge in [-0.1, -0.05) is 43.2 Å². The number of para-hydroxylation sites is 1. The van der Waals surface area contributed by atoms with E-state index < -0.39 is 6.16 Å². The number of ether oxygens (including phenoxy) is 2. The second-order valence-corrected chi connectivity index (χ2v) is 5.88. The van der Waals surface area contributed by atoms with E-state index >= 15 is 0 Å². The summed E-state index contributed by atoms with van der Waals surface area (Å²) in [6.07, 6.45) is 10.0. The molecule has 3 nitrogen and oxygen atoms in total. The van der Waals surface area contributed by atoms with Crippen LogP contribution in [0.3, 0.4) is 0 Å². The van der Waals surface area contributed by atoms with Gasteiger partial charge in [-0.3, -0.25) is 0 Å². The molecule has 1 aliphatic rings. The van der Waals surface area contributed by atoms with Crippen LogP contribution >= 0.6 is 0 Å². The first-order valence-corrected chi connectivity index (χ1v) is 8.35. The van der Waals surface area contributed by atoms with Crippen molar-refractivity contribution >= 4 is 6.16 Å². The fourth-order valence-corrected chi connectivity index (χ4v) is 2.76. The predicted molar refractivity (Wildman–Crippen MR) is 88.0 cm³/mol. The molecule has 1 aliphatic carbocycles. The summed E-state index contributed by atoms with van der Waals surface area (Å²) in [6, 6.07) is 8.99. The topological polar surface area (TPSA) is 35.5 Å². The van der Waals surface area contributed by atoms with Crippen LogP contribution in [0, 0.1) is 5.92 Å². The molecule has 22 heavy (non-hydrogen) atoms. The number of hydrogen-bond acceptors (Lipinski definition) is 3. The lowest BCUT2D eigenvalue weighted by Crippen LogP contribution is -2.11. The lowest BCUT2D eigenvalue weighted by Gasteiger charge is -2.20. The maximum Gasteiger partial charge on any atom is 0.513 e. The largest absolute Gasteiger partial charge is 0.513 e. The first-order valence-electron chi connectivity index (χ1n) is 8.35. The molecule has 0 heterocycles. The third-order valence-corrected chi connectivity index (χ3v) is 4.25. The number of hydrogen-bond donors (Lipinski definition) is 0. The Hall–Kier alpha value is -1.77. The molecule has 0 bridgehead atoms. The standard InChI is InChI=1S/C19H26O3/c1-2-16-11-13-17(14-12-16)8-6-7-15-21-19(20)22-18-9-4-3-5-10-18/h3-5,9-10,13,16H,2,6-8,11-12,14-15H2,1H3. The SMILES string of the molecule is CCC1CC=C(CCCCOC(=O)Oc2ccccc2)CC1. The van der Waals surface area contributed by atoms with E-state index in [4.69, 9.17) is 9.47 Å². The molecule has 2 rings (SSSR count). The minimum atomic E-state index is -0.617. The molecule has 1 unspecified atom stereocenters. The fourth-order valence-electron chi connectivity index (χ4n) is 2.76. The summed E-state index contributed by atoms with van der Waals surface area (Å²) in [5, 5.41) is 0. The van der Waals surface area contributed by atoms with Crippen LogP contribution < -0.4 is 4.74 Å². The molecule has 0 N–H and O–H groups in total. The number of rotatable bonds is 7. The van der Waals surface area contributed by atoms with E-state index in [1.54, 1.807) is 17.7 Å². The molecule has 1 aromatic rings. The molecule has 0 saturated heterocycles. The predicted octanol–water partition coefficient (Wildman–Crippen LogP) is 5.51. The third kappa shape index (κ3) is 5.92. The van der Waals surface area contributed by atoms with Crippen molar-refractivity contribution in [2.75, 3.05) is 6.61 Å². The highest BCUT2D eigenvalue weighted by Crippen LogP contribution is 2.28. The summed E-state index contributed by atoms with van der Waals surface area (Å²) in [5.74, 6) is 1.41. The van der Waals surface area contributed by atoms with Crippen LogP contribution in [-0.2, 0) is 4.74 Å². The highest BCUT2D eigenvalue weighted by Gasteiger charge is 2.12. The zero-order chi connectivity index (χ0) is 15.6. The third-order valence-electron chi connectivity index (χ3n) is 4.25. The van der Waals surface area contributed by atoms with Gasteiger partial charge < -0.3 is 9.47 Å². The molecule has 120 valence electrons. The van der Waals surface area contributed by atoms with Gasteiger partial charge in [0, 0.05) is 0 Å². The van der Waals surface area contributed by atoms with Gasteiger partial charge in [-0.2, -0.15) is 0 Å². The molecule has 0 radical (unpaired) electrons. The van der Waals surface area contributed by atoms with Gasteiger partial charge in [0.2, 0.25) is 0 Å². The van der Waals surface area contributed by atoms with Crippen molar-refractivity contribution in [3.63, 3.8) is 0 Å². The van der Waals surface area contributed by atoms with Gasteiger partial charge in [-0.25, -0.2) is 4.79 Å². The van der Waals surface area contributed by atoms with E-state index in [0.717, 1.165) is 25.2 Å². The Morgan fingerprint density at radius 3 is 2.73 bits per heavy atom. The Labute approximate surface area is 133 Å². The van der Waals surface area contributed by atoms with Crippen molar-refractivity contribution in [1.82, 2.24) is 0 Å². The van der Waals surface area contributed by atoms with Crippen LogP contribution in [0.15, 0.2) is 42.0 Å². The minimum Gasteiger partial charge on any atom is -0.434 e. The first kappa shape index (κ1) is 16.6. The molecular weight excluding hydrogens is 276 g/mol. The fraction of sp³-hybridized carbons (Fsp3) is 0.526. The molecule has 3 heteroatoms. The minimum absolute atomic E-state index is 0.427. The van der Waals surface area contributed by atoms with Crippen molar-refractivity contribution in [1.29, 1.82) is 0 Å². The second kappa shape index (κ2) is 9.29. The number of carbonyl (C=O) groups is 1. The van der Waals surface area contributed by atoms with Gasteiger partial charge in [-0.05, 0) is 56.6 Å². The van der Waals surface area contributed by atoms with Crippen molar-refractivity contribution in [3.05, 3.63) is 42.0 Å². The Bertz CT molecular complexity index is 479. The Balaban J connectivity index is 1.54. The van der Waals surface area contributed by atoms with Crippen LogP contribution in [0.1, 0.15) is 51.9 Å². The van der Waals surface area contributed by atoms with Crippen LogP contribution in [0.4, 0.5) is 4.79 Å². The Kier molecular flexibility index (Phi) is 7.01. The molecule has 1 aromatic carbocycles. The summed E-state index contributed by atoms with van der Waals surface area (Å²) in [6.45, 7) is 2.70. The molecule has 0 spiro atoms. The molecule has 1 atom stereocenters. The van der Waals surface area contributed by atoms with Crippen LogP contribution in [0.25, 0.3) is 0 Å². The monoisotopic (exact) mass is 302 g/mol. The average Bonchev–Trinajstić information content (AvgIpc) is 2.56. The Morgan fingerprint density at radius 1 is 1.23 bits per heavy atom. The molecule has 0 aromatic heterocycles. The van der Waals surface area contributed by atoms with Gasteiger partial charge in [0.1, 0.15) is 5.75 Å². The maximum atomic E-state index is 11.5. The van der Waals surface area contributed by atoms with Gasteiger partial charge in [0.05, 0.1) is 6.61 Å². The average molecular weight is 302 g/mol. The maximum absolute atomic E-state index is 11.5. The van der Waals surface area contributed by atoms with E-state index in [2.05, 4.69) is 13.0 Å². The second-order valence-electron chi connectivity index (χ2n) is 5.88. The van der Waals surface area contributed by atoms with Crippen molar-refractivity contribution in [2.24, 2.45) is 5.92 Å². The van der Waals surface area contributed by atoms with E-state index in [-0.39, 0.29) is 0 Å². The molecule has 0 saturated carbocycles. The number of allylic oxidation sites excluding steroid dienone is 2. The van der Waals surface area contributed by atoms with Crippen molar-refractivity contribution in [3.8, 4) is 5.75 Å². The lowest BCUT2D eigenvalue weighted by atomic mass is 9.86. The summed E-state index contributed by atoms with van der Waals surface area (Å²) in [5.41, 5.74) is 1.58. The van der Waals surface area contributed by atoms with Gasteiger partial charge in [0.15, 0.2) is 0 Å². The van der Waals surface area contributed by atoms with Gasteiger partial charge >= 0.3 is 6.16 Å². The zero-order valence-electron chi connectivity index (χ0n) is 13.4.